The van der Waals surface area contributed by atoms with Gasteiger partial charge in [-0.25, -0.2) is 0 Å². The van der Waals surface area contributed by atoms with Gasteiger partial charge in [-0.3, -0.25) is 4.79 Å². The molecule has 1 aromatic heterocycles. The molecule has 2 heteroatoms. The van der Waals surface area contributed by atoms with Gasteiger partial charge in [0.05, 0.1) is 0 Å². The second-order valence-corrected chi connectivity index (χ2v) is 3.64. The van der Waals surface area contributed by atoms with Crippen molar-refractivity contribution < 1.29 is 4.79 Å². The number of aldehydes is 1. The Morgan fingerprint density at radius 1 is 1.29 bits per heavy atom. The van der Waals surface area contributed by atoms with E-state index < -0.39 is 0 Å². The standard InChI is InChI=1S/C12H13NO/c1-8-5-4-6-11-12(8)10(7-14)9(2)13(11)3/h4-7H,1-3H3. The van der Waals surface area contributed by atoms with E-state index in [2.05, 4.69) is 4.57 Å². The Hall–Kier alpha value is -1.57. The number of aromatic nitrogens is 1. The van der Waals surface area contributed by atoms with E-state index in [-0.39, 0.29) is 0 Å². The van der Waals surface area contributed by atoms with Crippen molar-refractivity contribution in [3.63, 3.8) is 0 Å². The van der Waals surface area contributed by atoms with Crippen LogP contribution in [0, 0.1) is 13.8 Å². The summed E-state index contributed by atoms with van der Waals surface area (Å²) in [5, 5.41) is 1.09. The first-order valence-electron chi connectivity index (χ1n) is 4.66. The summed E-state index contributed by atoms with van der Waals surface area (Å²) in [7, 11) is 1.99. The molecule has 0 fully saturated rings. The predicted molar refractivity (Wildman–Crippen MR) is 57.8 cm³/mol. The molecular weight excluding hydrogens is 174 g/mol. The number of fused-ring (bicyclic) bond motifs is 1. The molecule has 1 aromatic carbocycles. The van der Waals surface area contributed by atoms with Crippen molar-refractivity contribution in [1.82, 2.24) is 4.57 Å². The topological polar surface area (TPSA) is 22.0 Å². The van der Waals surface area contributed by atoms with E-state index in [4.69, 9.17) is 0 Å². The zero-order chi connectivity index (χ0) is 10.3. The molecule has 0 unspecified atom stereocenters. The summed E-state index contributed by atoms with van der Waals surface area (Å²) in [6.45, 7) is 4.01. The lowest BCUT2D eigenvalue weighted by Gasteiger charge is -1.98. The number of hydrogen-bond donors (Lipinski definition) is 0. The smallest absolute Gasteiger partial charge is 0.152 e. The largest absolute Gasteiger partial charge is 0.347 e. The molecule has 0 saturated heterocycles. The van der Waals surface area contributed by atoms with E-state index in [9.17, 15) is 4.79 Å². The molecular formula is C12H13NO. The second kappa shape index (κ2) is 2.98. The van der Waals surface area contributed by atoms with Gasteiger partial charge in [-0.1, -0.05) is 12.1 Å². The van der Waals surface area contributed by atoms with Gasteiger partial charge < -0.3 is 4.57 Å². The molecule has 0 amide bonds. The number of carbonyl (C=O) groups is 1. The third kappa shape index (κ3) is 1.00. The number of benzene rings is 1. The van der Waals surface area contributed by atoms with Gasteiger partial charge in [0.1, 0.15) is 0 Å². The Balaban J connectivity index is 3.03. The molecule has 0 aliphatic rings. The third-order valence-electron chi connectivity index (χ3n) is 2.89. The van der Waals surface area contributed by atoms with Crippen LogP contribution in [-0.2, 0) is 7.05 Å². The molecule has 0 saturated carbocycles. The van der Waals surface area contributed by atoms with Gasteiger partial charge >= 0.3 is 0 Å². The summed E-state index contributed by atoms with van der Waals surface area (Å²) < 4.78 is 2.06. The lowest BCUT2D eigenvalue weighted by Crippen LogP contribution is -1.91. The SMILES string of the molecule is Cc1cccc2c1c(C=O)c(C)n2C. The van der Waals surface area contributed by atoms with Crippen molar-refractivity contribution in [3.8, 4) is 0 Å². The van der Waals surface area contributed by atoms with Crippen LogP contribution in [0.4, 0.5) is 0 Å². The summed E-state index contributed by atoms with van der Waals surface area (Å²) >= 11 is 0. The van der Waals surface area contributed by atoms with Gasteiger partial charge in [-0.05, 0) is 25.5 Å². The Bertz CT molecular complexity index is 509. The summed E-state index contributed by atoms with van der Waals surface area (Å²) in [4.78, 5) is 11.0. The average Bonchev–Trinajstić information content (AvgIpc) is 2.43. The number of carbonyl (C=O) groups excluding carboxylic acids is 1. The van der Waals surface area contributed by atoms with Crippen LogP contribution >= 0.6 is 0 Å². The summed E-state index contributed by atoms with van der Waals surface area (Å²) in [6.07, 6.45) is 0.949. The van der Waals surface area contributed by atoms with Gasteiger partial charge in [0.25, 0.3) is 0 Å². The fourth-order valence-electron chi connectivity index (χ4n) is 1.97. The van der Waals surface area contributed by atoms with Gasteiger partial charge in [-0.2, -0.15) is 0 Å². The maximum absolute atomic E-state index is 11.0. The van der Waals surface area contributed by atoms with E-state index in [0.29, 0.717) is 0 Å². The number of aryl methyl sites for hydroxylation is 2. The first-order chi connectivity index (χ1) is 6.66. The van der Waals surface area contributed by atoms with Crippen LogP contribution in [-0.4, -0.2) is 10.9 Å². The van der Waals surface area contributed by atoms with Crippen molar-refractivity contribution in [1.29, 1.82) is 0 Å². The monoisotopic (exact) mass is 187 g/mol. The minimum atomic E-state index is 0.820. The lowest BCUT2D eigenvalue weighted by atomic mass is 10.1. The first kappa shape index (κ1) is 9.00. The quantitative estimate of drug-likeness (QED) is 0.629. The molecule has 2 aromatic rings. The van der Waals surface area contributed by atoms with E-state index in [1.165, 1.54) is 0 Å². The number of rotatable bonds is 1. The molecule has 0 radical (unpaired) electrons. The third-order valence-corrected chi connectivity index (χ3v) is 2.89. The molecule has 0 atom stereocenters. The Labute approximate surface area is 83.2 Å². The maximum Gasteiger partial charge on any atom is 0.152 e. The van der Waals surface area contributed by atoms with E-state index in [0.717, 1.165) is 34.0 Å². The molecule has 0 aliphatic carbocycles. The molecule has 14 heavy (non-hydrogen) atoms. The lowest BCUT2D eigenvalue weighted by molar-refractivity contribution is 0.112. The summed E-state index contributed by atoms with van der Waals surface area (Å²) in [5.41, 5.74) is 4.14. The highest BCUT2D eigenvalue weighted by Gasteiger charge is 2.11. The van der Waals surface area contributed by atoms with Crippen LogP contribution in [0.15, 0.2) is 18.2 Å². The fourth-order valence-corrected chi connectivity index (χ4v) is 1.97. The van der Waals surface area contributed by atoms with Crippen LogP contribution in [0.2, 0.25) is 0 Å². The molecule has 1 heterocycles. The average molecular weight is 187 g/mol. The van der Waals surface area contributed by atoms with Gasteiger partial charge in [0.2, 0.25) is 0 Å². The van der Waals surface area contributed by atoms with Crippen LogP contribution in [0.3, 0.4) is 0 Å². The fraction of sp³-hybridized carbons (Fsp3) is 0.250. The van der Waals surface area contributed by atoms with Crippen LogP contribution < -0.4 is 0 Å². The van der Waals surface area contributed by atoms with Gasteiger partial charge in [-0.15, -0.1) is 0 Å². The molecule has 0 bridgehead atoms. The molecule has 0 aliphatic heterocycles. The van der Waals surface area contributed by atoms with E-state index in [1.807, 2.05) is 39.1 Å². The minimum Gasteiger partial charge on any atom is -0.347 e. The van der Waals surface area contributed by atoms with Crippen LogP contribution in [0.25, 0.3) is 10.9 Å². The predicted octanol–water partition coefficient (Wildman–Crippen LogP) is 2.61. The molecule has 2 nitrogen and oxygen atoms in total. The Kier molecular flexibility index (Phi) is 1.92. The highest BCUT2D eigenvalue weighted by molar-refractivity contribution is 6.01. The summed E-state index contributed by atoms with van der Waals surface area (Å²) in [6, 6.07) is 6.10. The van der Waals surface area contributed by atoms with Crippen LogP contribution in [0.5, 0.6) is 0 Å². The van der Waals surface area contributed by atoms with Crippen molar-refractivity contribution in [2.45, 2.75) is 13.8 Å². The van der Waals surface area contributed by atoms with Crippen molar-refractivity contribution in [2.24, 2.45) is 7.05 Å². The number of nitrogens with zero attached hydrogens (tertiary/aromatic N) is 1. The maximum atomic E-state index is 11.0. The van der Waals surface area contributed by atoms with Crippen molar-refractivity contribution in [2.75, 3.05) is 0 Å². The Morgan fingerprint density at radius 2 is 2.00 bits per heavy atom. The molecule has 0 spiro atoms. The van der Waals surface area contributed by atoms with Gasteiger partial charge in [0, 0.05) is 29.2 Å². The zero-order valence-corrected chi connectivity index (χ0v) is 8.66. The van der Waals surface area contributed by atoms with Crippen molar-refractivity contribution >= 4 is 17.2 Å². The molecule has 2 rings (SSSR count). The van der Waals surface area contributed by atoms with Gasteiger partial charge in [0.15, 0.2) is 6.29 Å². The normalized spacial score (nSPS) is 10.8. The zero-order valence-electron chi connectivity index (χ0n) is 8.66. The van der Waals surface area contributed by atoms with E-state index in [1.54, 1.807) is 0 Å². The molecule has 72 valence electrons. The minimum absolute atomic E-state index is 0.820. The highest BCUT2D eigenvalue weighted by atomic mass is 16.1. The second-order valence-electron chi connectivity index (χ2n) is 3.64. The first-order valence-corrected chi connectivity index (χ1v) is 4.66. The van der Waals surface area contributed by atoms with Crippen LogP contribution in [0.1, 0.15) is 21.6 Å². The highest BCUT2D eigenvalue weighted by Crippen LogP contribution is 2.26. The Morgan fingerprint density at radius 3 is 2.64 bits per heavy atom. The van der Waals surface area contributed by atoms with Crippen molar-refractivity contribution in [3.05, 3.63) is 35.0 Å². The summed E-state index contributed by atoms with van der Waals surface area (Å²) in [5.74, 6) is 0. The van der Waals surface area contributed by atoms with E-state index >= 15 is 0 Å². The number of hydrogen-bond acceptors (Lipinski definition) is 1. The molecule has 0 N–H and O–H groups in total.